The van der Waals surface area contributed by atoms with Crippen LogP contribution in [0, 0.1) is 5.92 Å². The molecule has 1 N–H and O–H groups in total. The van der Waals surface area contributed by atoms with Crippen molar-refractivity contribution in [1.29, 1.82) is 0 Å². The summed E-state index contributed by atoms with van der Waals surface area (Å²) >= 11 is 5.55. The molecule has 3 rings (SSSR count). The highest BCUT2D eigenvalue weighted by Gasteiger charge is 2.34. The average molecular weight is 419 g/mol. The van der Waals surface area contributed by atoms with Gasteiger partial charge in [0.25, 0.3) is 0 Å². The van der Waals surface area contributed by atoms with Gasteiger partial charge in [-0.25, -0.2) is 13.1 Å². The summed E-state index contributed by atoms with van der Waals surface area (Å²) < 4.78 is 66.1. The van der Waals surface area contributed by atoms with E-state index in [-0.39, 0.29) is 12.5 Å². The van der Waals surface area contributed by atoms with E-state index >= 15 is 0 Å². The minimum Gasteiger partial charge on any atom is -0.371 e. The Morgan fingerprint density at radius 1 is 1.15 bits per heavy atom. The molecule has 1 saturated heterocycles. The third-order valence-electron chi connectivity index (χ3n) is 4.52. The van der Waals surface area contributed by atoms with Crippen LogP contribution in [-0.4, -0.2) is 28.1 Å². The molecular formula is C18H18ClF3N2O2S. The minimum atomic E-state index is -4.72. The first-order valence-electron chi connectivity index (χ1n) is 8.33. The van der Waals surface area contributed by atoms with Crippen molar-refractivity contribution in [3.8, 4) is 0 Å². The van der Waals surface area contributed by atoms with Crippen molar-refractivity contribution < 1.29 is 21.6 Å². The number of para-hydroxylation sites is 1. The van der Waals surface area contributed by atoms with E-state index in [2.05, 4.69) is 9.62 Å². The van der Waals surface area contributed by atoms with Crippen molar-refractivity contribution in [3.63, 3.8) is 0 Å². The predicted octanol–water partition coefficient (Wildman–Crippen LogP) is 4.16. The second kappa shape index (κ2) is 7.69. The molecule has 2 aromatic carbocycles. The van der Waals surface area contributed by atoms with E-state index in [0.717, 1.165) is 30.8 Å². The summed E-state index contributed by atoms with van der Waals surface area (Å²) in [4.78, 5) is 1.71. The van der Waals surface area contributed by atoms with Crippen LogP contribution >= 0.6 is 11.6 Å². The highest BCUT2D eigenvalue weighted by atomic mass is 35.5. The Bertz CT molecular complexity index is 905. The molecule has 1 aliphatic rings. The summed E-state index contributed by atoms with van der Waals surface area (Å²) in [5, 5.41) is -0.532. The van der Waals surface area contributed by atoms with Crippen LogP contribution in [0.1, 0.15) is 12.0 Å². The molecule has 9 heteroatoms. The number of hydrogen-bond acceptors (Lipinski definition) is 3. The molecule has 0 amide bonds. The number of alkyl halides is 3. The van der Waals surface area contributed by atoms with Gasteiger partial charge in [-0.05, 0) is 42.7 Å². The monoisotopic (exact) mass is 418 g/mol. The van der Waals surface area contributed by atoms with Gasteiger partial charge in [0.15, 0.2) is 0 Å². The summed E-state index contributed by atoms with van der Waals surface area (Å²) in [7, 11) is -4.06. The van der Waals surface area contributed by atoms with Crippen LogP contribution in [0.4, 0.5) is 18.9 Å². The molecule has 0 saturated carbocycles. The maximum absolute atomic E-state index is 12.9. The van der Waals surface area contributed by atoms with Gasteiger partial charge in [-0.1, -0.05) is 29.8 Å². The molecular weight excluding hydrogens is 401 g/mol. The maximum atomic E-state index is 12.9. The summed E-state index contributed by atoms with van der Waals surface area (Å²) in [5.41, 5.74) is -0.0986. The van der Waals surface area contributed by atoms with Crippen LogP contribution in [0.3, 0.4) is 0 Å². The fraction of sp³-hybridized carbons (Fsp3) is 0.333. The number of halogens is 4. The SMILES string of the molecule is O=S(=O)(NCC1CCN(c2ccccc2)C1)c1ccc(Cl)c(C(F)(F)F)c1. The van der Waals surface area contributed by atoms with Gasteiger partial charge in [-0.15, -0.1) is 0 Å². The largest absolute Gasteiger partial charge is 0.417 e. The maximum Gasteiger partial charge on any atom is 0.417 e. The van der Waals surface area contributed by atoms with Gasteiger partial charge in [0.05, 0.1) is 15.5 Å². The molecule has 0 bridgehead atoms. The fourth-order valence-electron chi connectivity index (χ4n) is 3.07. The Balaban J connectivity index is 1.66. The molecule has 146 valence electrons. The van der Waals surface area contributed by atoms with Crippen LogP contribution in [0.5, 0.6) is 0 Å². The van der Waals surface area contributed by atoms with E-state index < -0.39 is 31.7 Å². The van der Waals surface area contributed by atoms with Crippen molar-refractivity contribution in [2.45, 2.75) is 17.5 Å². The van der Waals surface area contributed by atoms with Gasteiger partial charge in [0.1, 0.15) is 0 Å². The molecule has 1 unspecified atom stereocenters. The van der Waals surface area contributed by atoms with Crippen molar-refractivity contribution in [3.05, 3.63) is 59.1 Å². The second-order valence-corrected chi connectivity index (χ2v) is 8.60. The molecule has 1 fully saturated rings. The molecule has 1 heterocycles. The van der Waals surface area contributed by atoms with E-state index in [9.17, 15) is 21.6 Å². The lowest BCUT2D eigenvalue weighted by atomic mass is 10.1. The first-order valence-corrected chi connectivity index (χ1v) is 10.2. The van der Waals surface area contributed by atoms with Crippen molar-refractivity contribution >= 4 is 27.3 Å². The fourth-order valence-corrected chi connectivity index (χ4v) is 4.44. The number of nitrogens with one attached hydrogen (secondary N) is 1. The number of rotatable bonds is 5. The summed E-state index contributed by atoms with van der Waals surface area (Å²) in [6.45, 7) is 1.65. The van der Waals surface area contributed by atoms with Gasteiger partial charge in [-0.3, -0.25) is 0 Å². The Morgan fingerprint density at radius 3 is 2.52 bits per heavy atom. The molecule has 1 atom stereocenters. The van der Waals surface area contributed by atoms with E-state index in [4.69, 9.17) is 11.6 Å². The van der Waals surface area contributed by atoms with Gasteiger partial charge >= 0.3 is 6.18 Å². The zero-order valence-electron chi connectivity index (χ0n) is 14.2. The van der Waals surface area contributed by atoms with Crippen LogP contribution in [0.25, 0.3) is 0 Å². The third-order valence-corrected chi connectivity index (χ3v) is 6.27. The van der Waals surface area contributed by atoms with Crippen molar-refractivity contribution in [2.75, 3.05) is 24.5 Å². The molecule has 2 aromatic rings. The average Bonchev–Trinajstić information content (AvgIpc) is 3.09. The molecule has 0 aliphatic carbocycles. The first-order chi connectivity index (χ1) is 12.7. The van der Waals surface area contributed by atoms with Crippen LogP contribution in [0.15, 0.2) is 53.4 Å². The lowest BCUT2D eigenvalue weighted by molar-refractivity contribution is -0.137. The molecule has 4 nitrogen and oxygen atoms in total. The van der Waals surface area contributed by atoms with Gasteiger partial charge < -0.3 is 4.90 Å². The van der Waals surface area contributed by atoms with E-state index in [1.807, 2.05) is 30.3 Å². The quantitative estimate of drug-likeness (QED) is 0.793. The molecule has 0 radical (unpaired) electrons. The molecule has 0 spiro atoms. The lowest BCUT2D eigenvalue weighted by Crippen LogP contribution is -2.31. The third kappa shape index (κ3) is 4.75. The van der Waals surface area contributed by atoms with Crippen LogP contribution < -0.4 is 9.62 Å². The number of sulfonamides is 1. The van der Waals surface area contributed by atoms with E-state index in [1.165, 1.54) is 0 Å². The molecule has 27 heavy (non-hydrogen) atoms. The molecule has 1 aliphatic heterocycles. The number of hydrogen-bond donors (Lipinski definition) is 1. The van der Waals surface area contributed by atoms with E-state index in [1.54, 1.807) is 0 Å². The summed E-state index contributed by atoms with van der Waals surface area (Å²) in [6.07, 6.45) is -3.92. The smallest absolute Gasteiger partial charge is 0.371 e. The number of anilines is 1. The van der Waals surface area contributed by atoms with Gasteiger partial charge in [-0.2, -0.15) is 13.2 Å². The van der Waals surface area contributed by atoms with Crippen molar-refractivity contribution in [2.24, 2.45) is 5.92 Å². The summed E-state index contributed by atoms with van der Waals surface area (Å²) in [6, 6.07) is 12.4. The van der Waals surface area contributed by atoms with Crippen LogP contribution in [0.2, 0.25) is 5.02 Å². The summed E-state index contributed by atoms with van der Waals surface area (Å²) in [5.74, 6) is 0.0781. The Morgan fingerprint density at radius 2 is 1.85 bits per heavy atom. The zero-order valence-corrected chi connectivity index (χ0v) is 15.8. The normalized spacial score (nSPS) is 18.1. The van der Waals surface area contributed by atoms with Crippen molar-refractivity contribution in [1.82, 2.24) is 4.72 Å². The zero-order chi connectivity index (χ0) is 19.7. The molecule has 0 aromatic heterocycles. The Hall–Kier alpha value is -1.77. The predicted molar refractivity (Wildman–Crippen MR) is 98.4 cm³/mol. The highest BCUT2D eigenvalue weighted by Crippen LogP contribution is 2.36. The standard InChI is InChI=1S/C18H18ClF3N2O2S/c19-17-7-6-15(10-16(17)18(20,21)22)27(25,26)23-11-13-8-9-24(12-13)14-4-2-1-3-5-14/h1-7,10,13,23H,8-9,11-12H2. The Labute approximate surface area is 161 Å². The number of nitrogens with zero attached hydrogens (tertiary/aromatic N) is 1. The van der Waals surface area contributed by atoms with Gasteiger partial charge in [0.2, 0.25) is 10.0 Å². The van der Waals surface area contributed by atoms with E-state index in [0.29, 0.717) is 12.6 Å². The van der Waals surface area contributed by atoms with Crippen LogP contribution in [-0.2, 0) is 16.2 Å². The lowest BCUT2D eigenvalue weighted by Gasteiger charge is -2.19. The Kier molecular flexibility index (Phi) is 5.69. The first kappa shape index (κ1) is 20.0. The number of benzene rings is 2. The highest BCUT2D eigenvalue weighted by molar-refractivity contribution is 7.89. The minimum absolute atomic E-state index is 0.0781. The second-order valence-electron chi connectivity index (χ2n) is 6.43. The van der Waals surface area contributed by atoms with Gasteiger partial charge in [0, 0.05) is 25.3 Å². The topological polar surface area (TPSA) is 49.4 Å².